The van der Waals surface area contributed by atoms with Crippen molar-refractivity contribution < 1.29 is 27.5 Å². The number of aromatic nitrogens is 3. The van der Waals surface area contributed by atoms with Crippen molar-refractivity contribution in [3.05, 3.63) is 82.1 Å². The first-order chi connectivity index (χ1) is 17.5. The monoisotopic (exact) mass is 531 g/mol. The van der Waals surface area contributed by atoms with Gasteiger partial charge >= 0.3 is 12.1 Å². The third-order valence-corrected chi connectivity index (χ3v) is 5.70. The van der Waals surface area contributed by atoms with Gasteiger partial charge in [-0.25, -0.2) is 14.3 Å². The molecule has 0 amide bonds. The first-order valence-electron chi connectivity index (χ1n) is 10.9. The lowest BCUT2D eigenvalue weighted by Crippen LogP contribution is -2.17. The number of hydrogen-bond donors (Lipinski definition) is 1. The predicted molar refractivity (Wildman–Crippen MR) is 132 cm³/mol. The van der Waals surface area contributed by atoms with Crippen LogP contribution >= 0.6 is 11.6 Å². The van der Waals surface area contributed by atoms with Crippen molar-refractivity contribution in [2.24, 2.45) is 10.9 Å². The topological polar surface area (TPSA) is 104 Å². The average Bonchev–Trinajstić information content (AvgIpc) is 3.30. The van der Waals surface area contributed by atoms with E-state index >= 15 is 0 Å². The van der Waals surface area contributed by atoms with E-state index in [2.05, 4.69) is 15.2 Å². The van der Waals surface area contributed by atoms with Gasteiger partial charge in [-0.3, -0.25) is 0 Å². The summed E-state index contributed by atoms with van der Waals surface area (Å²) >= 11 is 5.97. The van der Waals surface area contributed by atoms with E-state index < -0.39 is 23.5 Å². The van der Waals surface area contributed by atoms with Crippen LogP contribution in [0.25, 0.3) is 16.9 Å². The summed E-state index contributed by atoms with van der Waals surface area (Å²) in [5.74, 6) is -0.791. The van der Waals surface area contributed by atoms with E-state index in [0.29, 0.717) is 20.9 Å². The summed E-state index contributed by atoms with van der Waals surface area (Å²) in [7, 11) is 1.40. The lowest BCUT2D eigenvalue weighted by Gasteiger charge is -2.11. The smallest absolute Gasteiger partial charge is 0.433 e. The highest BCUT2D eigenvalue weighted by Crippen LogP contribution is 2.33. The highest BCUT2D eigenvalue weighted by molar-refractivity contribution is 6.31. The summed E-state index contributed by atoms with van der Waals surface area (Å²) in [6.45, 7) is 4.02. The molecule has 0 bridgehead atoms. The predicted octanol–water partition coefficient (Wildman–Crippen LogP) is 5.68. The molecule has 4 aromatic rings. The van der Waals surface area contributed by atoms with Crippen LogP contribution in [0.2, 0.25) is 5.02 Å². The van der Waals surface area contributed by atoms with Gasteiger partial charge in [0.05, 0.1) is 18.4 Å². The van der Waals surface area contributed by atoms with Crippen LogP contribution in [0.5, 0.6) is 5.75 Å². The van der Waals surface area contributed by atoms with E-state index in [1.807, 2.05) is 26.0 Å². The van der Waals surface area contributed by atoms with Gasteiger partial charge in [0.15, 0.2) is 22.9 Å². The van der Waals surface area contributed by atoms with E-state index in [0.717, 1.165) is 17.7 Å². The van der Waals surface area contributed by atoms with Gasteiger partial charge in [-0.05, 0) is 35.7 Å². The molecule has 0 saturated heterocycles. The highest BCUT2D eigenvalue weighted by atomic mass is 35.5. The van der Waals surface area contributed by atoms with Gasteiger partial charge in [0.1, 0.15) is 5.75 Å². The number of ether oxygens (including phenoxy) is 1. The number of carbonyl (C=O) groups is 1. The molecule has 0 atom stereocenters. The maximum atomic E-state index is 13.9. The molecule has 12 heteroatoms. The molecule has 0 unspecified atom stereocenters. The molecule has 8 nitrogen and oxygen atoms in total. The van der Waals surface area contributed by atoms with Crippen molar-refractivity contribution in [2.45, 2.75) is 25.9 Å². The second kappa shape index (κ2) is 10.1. The molecule has 0 aliphatic carbocycles. The first kappa shape index (κ1) is 26.0. The fourth-order valence-electron chi connectivity index (χ4n) is 3.53. The second-order valence-electron chi connectivity index (χ2n) is 8.30. The Hall–Kier alpha value is -4.12. The van der Waals surface area contributed by atoms with Crippen molar-refractivity contribution in [1.82, 2.24) is 14.6 Å². The lowest BCUT2D eigenvalue weighted by atomic mass is 10.0. The Morgan fingerprint density at radius 1 is 1.11 bits per heavy atom. The van der Waals surface area contributed by atoms with E-state index in [-0.39, 0.29) is 28.7 Å². The molecule has 0 aliphatic rings. The van der Waals surface area contributed by atoms with Gasteiger partial charge in [-0.2, -0.15) is 18.3 Å². The van der Waals surface area contributed by atoms with Crippen LogP contribution < -0.4 is 10.5 Å². The minimum atomic E-state index is -4.77. The number of rotatable bonds is 6. The highest BCUT2D eigenvalue weighted by Gasteiger charge is 2.36. The molecule has 0 spiro atoms. The summed E-state index contributed by atoms with van der Waals surface area (Å²) in [6.07, 6.45) is -4.77. The van der Waals surface area contributed by atoms with Crippen molar-refractivity contribution in [3.63, 3.8) is 0 Å². The molecule has 0 radical (unpaired) electrons. The molecule has 0 saturated carbocycles. The zero-order valence-corrected chi connectivity index (χ0v) is 20.6. The fourth-order valence-corrected chi connectivity index (χ4v) is 3.70. The molecule has 0 fully saturated rings. The van der Waals surface area contributed by atoms with Gasteiger partial charge in [-0.15, -0.1) is 0 Å². The number of hydrogen-bond acceptors (Lipinski definition) is 6. The molecule has 2 heterocycles. The summed E-state index contributed by atoms with van der Waals surface area (Å²) in [6, 6.07) is 13.6. The minimum Gasteiger partial charge on any atom is -0.496 e. The average molecular weight is 532 g/mol. The maximum absolute atomic E-state index is 13.9. The summed E-state index contributed by atoms with van der Waals surface area (Å²) in [5.41, 5.74) is 5.98. The number of alkyl halides is 3. The summed E-state index contributed by atoms with van der Waals surface area (Å²) in [4.78, 5) is 21.7. The van der Waals surface area contributed by atoms with Crippen molar-refractivity contribution >= 4 is 29.1 Å². The molecule has 2 N–H and O–H groups in total. The number of nitrogens with zero attached hydrogens (tertiary/aromatic N) is 4. The Labute approximate surface area is 214 Å². The number of benzene rings is 2. The summed E-state index contributed by atoms with van der Waals surface area (Å²) in [5, 5.41) is 7.65. The van der Waals surface area contributed by atoms with Crippen LogP contribution in [0.1, 0.15) is 47.1 Å². The Morgan fingerprint density at radius 3 is 2.43 bits per heavy atom. The van der Waals surface area contributed by atoms with Crippen molar-refractivity contribution in [2.75, 3.05) is 7.11 Å². The van der Waals surface area contributed by atoms with E-state index in [1.165, 1.54) is 13.2 Å². The third-order valence-electron chi connectivity index (χ3n) is 5.46. The van der Waals surface area contributed by atoms with Gasteiger partial charge in [-0.1, -0.05) is 54.9 Å². The zero-order chi connectivity index (χ0) is 26.9. The van der Waals surface area contributed by atoms with Gasteiger partial charge in [0, 0.05) is 16.7 Å². The van der Waals surface area contributed by atoms with Crippen LogP contribution in [0, 0.1) is 0 Å². The van der Waals surface area contributed by atoms with Crippen LogP contribution in [0.15, 0.2) is 59.8 Å². The second-order valence-corrected chi connectivity index (χ2v) is 8.74. The number of carbonyl (C=O) groups excluding carboxylic acids is 1. The molecule has 37 heavy (non-hydrogen) atoms. The number of nitrogens with two attached hydrogens (primary N) is 1. The number of amidine groups is 1. The first-order valence-corrected chi connectivity index (χ1v) is 11.3. The Balaban J connectivity index is 1.69. The van der Waals surface area contributed by atoms with Crippen molar-refractivity contribution in [1.29, 1.82) is 0 Å². The lowest BCUT2D eigenvalue weighted by molar-refractivity contribution is -0.142. The maximum Gasteiger partial charge on any atom is 0.433 e. The molecule has 0 aliphatic heterocycles. The number of halogens is 4. The number of methoxy groups -OCH3 is 1. The third kappa shape index (κ3) is 5.51. The van der Waals surface area contributed by atoms with Crippen LogP contribution in [-0.4, -0.2) is 33.5 Å². The Kier molecular flexibility index (Phi) is 7.08. The number of oxime groups is 1. The van der Waals surface area contributed by atoms with E-state index in [4.69, 9.17) is 26.9 Å². The van der Waals surface area contributed by atoms with Gasteiger partial charge < -0.3 is 15.3 Å². The van der Waals surface area contributed by atoms with Crippen LogP contribution in [0.3, 0.4) is 0 Å². The minimum absolute atomic E-state index is 0.0743. The standard InChI is InChI=1S/C25H21ClF3N5O3/c1-13(2)14-4-6-15(7-5-14)18-11-21(25(27,28)29)34-22(31-18)12-19(32-34)24(35)37-33-23(30)17-10-16(26)8-9-20(17)36-3/h4-13H,1-3H3,(H2,30,33). The fraction of sp³-hybridized carbons (Fsp3) is 0.200. The molecule has 2 aromatic carbocycles. The zero-order valence-electron chi connectivity index (χ0n) is 19.9. The van der Waals surface area contributed by atoms with E-state index in [9.17, 15) is 18.0 Å². The Bertz CT molecular complexity index is 1500. The van der Waals surface area contributed by atoms with E-state index in [1.54, 1.807) is 24.3 Å². The van der Waals surface area contributed by atoms with Crippen LogP contribution in [0.4, 0.5) is 13.2 Å². The molecule has 192 valence electrons. The molecular weight excluding hydrogens is 511 g/mol. The Morgan fingerprint density at radius 2 is 1.81 bits per heavy atom. The molecular formula is C25H21ClF3N5O3. The number of fused-ring (bicyclic) bond motifs is 1. The summed E-state index contributed by atoms with van der Waals surface area (Å²) < 4.78 is 47.3. The largest absolute Gasteiger partial charge is 0.496 e. The van der Waals surface area contributed by atoms with Gasteiger partial charge in [0.2, 0.25) is 0 Å². The molecule has 2 aromatic heterocycles. The quantitative estimate of drug-likeness (QED) is 0.149. The SMILES string of the molecule is COc1ccc(Cl)cc1/C(N)=N/OC(=O)c1cc2nc(-c3ccc(C(C)C)cc3)cc(C(F)(F)F)n2n1. The van der Waals surface area contributed by atoms with Crippen LogP contribution in [-0.2, 0) is 11.0 Å². The van der Waals surface area contributed by atoms with Crippen molar-refractivity contribution in [3.8, 4) is 17.0 Å². The molecule has 4 rings (SSSR count). The van der Waals surface area contributed by atoms with Gasteiger partial charge in [0.25, 0.3) is 0 Å². The normalized spacial score (nSPS) is 12.3.